The molecule has 2 atom stereocenters. The molecule has 1 aromatic rings. The normalized spacial score (nSPS) is 22.7. The fourth-order valence-electron chi connectivity index (χ4n) is 3.97. The molecule has 1 N–H and O–H groups in total. The van der Waals surface area contributed by atoms with E-state index in [2.05, 4.69) is 65.8 Å². The first kappa shape index (κ1) is 17.0. The minimum Gasteiger partial charge on any atom is -0.314 e. The Morgan fingerprint density at radius 1 is 1.43 bits per heavy atom. The van der Waals surface area contributed by atoms with E-state index in [0.717, 1.165) is 25.3 Å². The molecular formula is C17H30BrN3. The zero-order chi connectivity index (χ0) is 15.6. The molecule has 0 aromatic carbocycles. The molecule has 1 heterocycles. The van der Waals surface area contributed by atoms with Crippen molar-refractivity contribution in [2.24, 2.45) is 18.4 Å². The molecule has 0 bridgehead atoms. The summed E-state index contributed by atoms with van der Waals surface area (Å²) in [5, 5.41) is 8.40. The van der Waals surface area contributed by atoms with Crippen LogP contribution < -0.4 is 5.32 Å². The predicted molar refractivity (Wildman–Crippen MR) is 92.6 cm³/mol. The van der Waals surface area contributed by atoms with Crippen LogP contribution in [0.3, 0.4) is 0 Å². The van der Waals surface area contributed by atoms with Crippen LogP contribution in [0.4, 0.5) is 0 Å². The van der Waals surface area contributed by atoms with Gasteiger partial charge in [-0.2, -0.15) is 5.10 Å². The molecule has 0 amide bonds. The lowest BCUT2D eigenvalue weighted by molar-refractivity contribution is 0.195. The molecule has 1 aromatic heterocycles. The van der Waals surface area contributed by atoms with Crippen molar-refractivity contribution in [2.75, 3.05) is 6.54 Å². The van der Waals surface area contributed by atoms with E-state index in [1.54, 1.807) is 0 Å². The molecule has 21 heavy (non-hydrogen) atoms. The van der Waals surface area contributed by atoms with Gasteiger partial charge in [0.25, 0.3) is 0 Å². The first-order valence-electron chi connectivity index (χ1n) is 8.34. The second-order valence-electron chi connectivity index (χ2n) is 7.04. The molecule has 4 heteroatoms. The summed E-state index contributed by atoms with van der Waals surface area (Å²) in [6.07, 6.45) is 6.11. The number of likely N-dealkylation sites (N-methyl/N-ethyl adjacent to an activating group) is 1. The molecule has 2 rings (SSSR count). The summed E-state index contributed by atoms with van der Waals surface area (Å²) in [6, 6.07) is 0.545. The maximum absolute atomic E-state index is 4.65. The SMILES string of the molecule is CCNC(Cc1c(Br)c(CC)nn1C)C1CCCC1(C)C. The number of nitrogens with zero attached hydrogens (tertiary/aromatic N) is 2. The van der Waals surface area contributed by atoms with Crippen molar-refractivity contribution in [2.45, 2.75) is 65.8 Å². The van der Waals surface area contributed by atoms with E-state index in [1.165, 1.54) is 35.1 Å². The largest absolute Gasteiger partial charge is 0.314 e. The van der Waals surface area contributed by atoms with E-state index in [1.807, 2.05) is 0 Å². The zero-order valence-electron chi connectivity index (χ0n) is 14.2. The first-order valence-corrected chi connectivity index (χ1v) is 9.13. The van der Waals surface area contributed by atoms with Gasteiger partial charge >= 0.3 is 0 Å². The van der Waals surface area contributed by atoms with Gasteiger partial charge in [0, 0.05) is 19.5 Å². The maximum Gasteiger partial charge on any atom is 0.0766 e. The molecule has 0 aliphatic heterocycles. The maximum atomic E-state index is 4.65. The lowest BCUT2D eigenvalue weighted by Gasteiger charge is -2.35. The highest BCUT2D eigenvalue weighted by Gasteiger charge is 2.39. The molecule has 1 saturated carbocycles. The van der Waals surface area contributed by atoms with E-state index in [9.17, 15) is 0 Å². The predicted octanol–water partition coefficient (Wildman–Crippen LogP) is 4.09. The third-order valence-electron chi connectivity index (χ3n) is 5.21. The average molecular weight is 356 g/mol. The molecule has 1 aliphatic rings. The van der Waals surface area contributed by atoms with Gasteiger partial charge in [-0.3, -0.25) is 4.68 Å². The molecular weight excluding hydrogens is 326 g/mol. The van der Waals surface area contributed by atoms with Crippen LogP contribution in [-0.4, -0.2) is 22.4 Å². The number of nitrogens with one attached hydrogen (secondary N) is 1. The second kappa shape index (κ2) is 6.82. The average Bonchev–Trinajstić information content (AvgIpc) is 2.91. The second-order valence-corrected chi connectivity index (χ2v) is 7.83. The van der Waals surface area contributed by atoms with Crippen molar-refractivity contribution in [3.8, 4) is 0 Å². The summed E-state index contributed by atoms with van der Waals surface area (Å²) in [5.41, 5.74) is 2.96. The lowest BCUT2D eigenvalue weighted by Crippen LogP contribution is -2.42. The van der Waals surface area contributed by atoms with Crippen molar-refractivity contribution in [3.63, 3.8) is 0 Å². The topological polar surface area (TPSA) is 29.9 Å². The van der Waals surface area contributed by atoms with E-state index in [-0.39, 0.29) is 0 Å². The number of rotatable bonds is 6. The standard InChI is InChI=1S/C17H30BrN3/c1-6-13-16(18)15(21(5)20-13)11-14(19-7-2)12-9-8-10-17(12,3)4/h12,14,19H,6-11H2,1-5H3. The Morgan fingerprint density at radius 3 is 2.62 bits per heavy atom. The van der Waals surface area contributed by atoms with Crippen LogP contribution in [0.2, 0.25) is 0 Å². The minimum atomic E-state index is 0.450. The van der Waals surface area contributed by atoms with Gasteiger partial charge in [-0.1, -0.05) is 34.1 Å². The van der Waals surface area contributed by atoms with Crippen molar-refractivity contribution in [3.05, 3.63) is 15.9 Å². The molecule has 0 saturated heterocycles. The Kier molecular flexibility index (Phi) is 5.53. The molecule has 1 aliphatic carbocycles. The number of aromatic nitrogens is 2. The van der Waals surface area contributed by atoms with E-state index in [4.69, 9.17) is 0 Å². The van der Waals surface area contributed by atoms with Crippen molar-refractivity contribution in [1.29, 1.82) is 0 Å². The van der Waals surface area contributed by atoms with Crippen LogP contribution in [0.15, 0.2) is 4.47 Å². The van der Waals surface area contributed by atoms with Crippen LogP contribution in [0.1, 0.15) is 58.3 Å². The summed E-state index contributed by atoms with van der Waals surface area (Å²) in [7, 11) is 2.07. The third kappa shape index (κ3) is 3.53. The summed E-state index contributed by atoms with van der Waals surface area (Å²) in [6.45, 7) is 10.3. The highest BCUT2D eigenvalue weighted by atomic mass is 79.9. The number of hydrogen-bond donors (Lipinski definition) is 1. The fourth-order valence-corrected chi connectivity index (χ4v) is 4.75. The van der Waals surface area contributed by atoms with Crippen molar-refractivity contribution >= 4 is 15.9 Å². The Balaban J connectivity index is 2.22. The van der Waals surface area contributed by atoms with Crippen LogP contribution in [0.5, 0.6) is 0 Å². The molecule has 0 radical (unpaired) electrons. The van der Waals surface area contributed by atoms with Crippen LogP contribution in [0.25, 0.3) is 0 Å². The van der Waals surface area contributed by atoms with Gasteiger partial charge in [-0.25, -0.2) is 0 Å². The van der Waals surface area contributed by atoms with Gasteiger partial charge < -0.3 is 5.32 Å². The Bertz CT molecular complexity index is 479. The van der Waals surface area contributed by atoms with Crippen LogP contribution in [-0.2, 0) is 19.9 Å². The van der Waals surface area contributed by atoms with Crippen LogP contribution in [0, 0.1) is 11.3 Å². The minimum absolute atomic E-state index is 0.450. The summed E-state index contributed by atoms with van der Waals surface area (Å²) >= 11 is 3.77. The summed E-state index contributed by atoms with van der Waals surface area (Å²) in [4.78, 5) is 0. The highest BCUT2D eigenvalue weighted by Crippen LogP contribution is 2.45. The Labute approximate surface area is 138 Å². The van der Waals surface area contributed by atoms with E-state index >= 15 is 0 Å². The van der Waals surface area contributed by atoms with Crippen molar-refractivity contribution in [1.82, 2.24) is 15.1 Å². The number of aryl methyl sites for hydroxylation is 2. The van der Waals surface area contributed by atoms with E-state index in [0.29, 0.717) is 11.5 Å². The molecule has 0 spiro atoms. The monoisotopic (exact) mass is 355 g/mol. The fraction of sp³-hybridized carbons (Fsp3) is 0.824. The van der Waals surface area contributed by atoms with Gasteiger partial charge in [-0.15, -0.1) is 0 Å². The first-order chi connectivity index (χ1) is 9.90. The highest BCUT2D eigenvalue weighted by molar-refractivity contribution is 9.10. The smallest absolute Gasteiger partial charge is 0.0766 e. The number of halogens is 1. The van der Waals surface area contributed by atoms with E-state index < -0.39 is 0 Å². The quantitative estimate of drug-likeness (QED) is 0.832. The van der Waals surface area contributed by atoms with Gasteiger partial charge in [0.1, 0.15) is 0 Å². The van der Waals surface area contributed by atoms with Crippen LogP contribution >= 0.6 is 15.9 Å². The Hall–Kier alpha value is -0.350. The molecule has 1 fully saturated rings. The van der Waals surface area contributed by atoms with Crippen molar-refractivity contribution < 1.29 is 0 Å². The van der Waals surface area contributed by atoms with Gasteiger partial charge in [0.15, 0.2) is 0 Å². The van der Waals surface area contributed by atoms with Gasteiger partial charge in [-0.05, 0) is 53.1 Å². The molecule has 3 nitrogen and oxygen atoms in total. The third-order valence-corrected chi connectivity index (χ3v) is 6.12. The summed E-state index contributed by atoms with van der Waals surface area (Å²) < 4.78 is 3.28. The van der Waals surface area contributed by atoms with Gasteiger partial charge in [0.05, 0.1) is 15.9 Å². The summed E-state index contributed by atoms with van der Waals surface area (Å²) in [5.74, 6) is 0.754. The molecule has 120 valence electrons. The van der Waals surface area contributed by atoms with Gasteiger partial charge in [0.2, 0.25) is 0 Å². The Morgan fingerprint density at radius 2 is 2.14 bits per heavy atom. The molecule has 2 unspecified atom stereocenters. The zero-order valence-corrected chi connectivity index (χ0v) is 15.8. The number of hydrogen-bond acceptors (Lipinski definition) is 2. The lowest BCUT2D eigenvalue weighted by atomic mass is 9.76.